The molecule has 0 aliphatic carbocycles. The Morgan fingerprint density at radius 3 is 2.64 bits per heavy atom. The van der Waals surface area contributed by atoms with Gasteiger partial charge < -0.3 is 5.32 Å². The van der Waals surface area contributed by atoms with Crippen LogP contribution in [0.15, 0.2) is 48.6 Å². The van der Waals surface area contributed by atoms with Gasteiger partial charge in [0.25, 0.3) is 0 Å². The molecule has 0 radical (unpaired) electrons. The van der Waals surface area contributed by atoms with Crippen LogP contribution >= 0.6 is 24.8 Å². The van der Waals surface area contributed by atoms with E-state index >= 15 is 0 Å². The number of hydrogen-bond donors (Lipinski definition) is 3. The molecule has 1 aliphatic heterocycles. The van der Waals surface area contributed by atoms with Crippen LogP contribution in [0.1, 0.15) is 17.7 Å². The van der Waals surface area contributed by atoms with Crippen molar-refractivity contribution in [3.8, 4) is 0 Å². The Kier molecular flexibility index (Phi) is 9.81. The van der Waals surface area contributed by atoms with Crippen LogP contribution in [0.3, 0.4) is 0 Å². The molecule has 0 unspecified atom stereocenters. The van der Waals surface area contributed by atoms with E-state index in [0.717, 1.165) is 32.1 Å². The maximum absolute atomic E-state index is 13.3. The van der Waals surface area contributed by atoms with Crippen molar-refractivity contribution < 1.29 is 14.4 Å². The van der Waals surface area contributed by atoms with Gasteiger partial charge in [-0.3, -0.25) is 19.9 Å². The van der Waals surface area contributed by atoms with E-state index in [4.69, 9.17) is 5.21 Å². The zero-order chi connectivity index (χ0) is 18.4. The van der Waals surface area contributed by atoms with Gasteiger partial charge >= 0.3 is 5.91 Å². The van der Waals surface area contributed by atoms with Gasteiger partial charge in [-0.1, -0.05) is 30.3 Å². The minimum absolute atomic E-state index is 0. The van der Waals surface area contributed by atoms with Gasteiger partial charge in [0.15, 0.2) is 5.83 Å². The summed E-state index contributed by atoms with van der Waals surface area (Å²) in [5, 5.41) is 11.7. The first kappa shape index (κ1) is 23.8. The molecule has 1 fully saturated rings. The van der Waals surface area contributed by atoms with E-state index in [9.17, 15) is 9.18 Å². The number of amides is 1. The highest BCUT2D eigenvalue weighted by Crippen LogP contribution is 2.17. The first-order chi connectivity index (χ1) is 12.6. The highest BCUT2D eigenvalue weighted by atomic mass is 35.5. The number of hydroxylamine groups is 1. The Labute approximate surface area is 174 Å². The van der Waals surface area contributed by atoms with Gasteiger partial charge in [0.05, 0.1) is 18.1 Å². The Hall–Kier alpha value is -2.26. The molecule has 28 heavy (non-hydrogen) atoms. The molecule has 152 valence electrons. The number of anilines is 1. The minimum Gasteiger partial charge on any atom is -0.365 e. The van der Waals surface area contributed by atoms with E-state index in [1.54, 1.807) is 0 Å². The first-order valence-electron chi connectivity index (χ1n) is 8.30. The fraction of sp³-hybridized carbons (Fsp3) is 0.278. The fourth-order valence-corrected chi connectivity index (χ4v) is 2.88. The van der Waals surface area contributed by atoms with Crippen molar-refractivity contribution in [3.63, 3.8) is 0 Å². The molecule has 1 atom stereocenters. The van der Waals surface area contributed by atoms with E-state index in [1.807, 2.05) is 18.2 Å². The molecular formula is C18H22Cl2FN5O2. The normalized spacial score (nSPS) is 16.6. The summed E-state index contributed by atoms with van der Waals surface area (Å²) in [7, 11) is 0. The number of carbonyl (C=O) groups is 1. The Morgan fingerprint density at radius 2 is 2.00 bits per heavy atom. The van der Waals surface area contributed by atoms with E-state index in [1.165, 1.54) is 23.4 Å². The summed E-state index contributed by atoms with van der Waals surface area (Å²) in [4.78, 5) is 21.5. The van der Waals surface area contributed by atoms with Crippen LogP contribution in [0.4, 0.5) is 10.2 Å². The smallest absolute Gasteiger partial charge is 0.303 e. The molecular weight excluding hydrogens is 408 g/mol. The number of likely N-dealkylation sites (tertiary alicyclic amines) is 1. The van der Waals surface area contributed by atoms with Gasteiger partial charge in [0.2, 0.25) is 0 Å². The lowest BCUT2D eigenvalue weighted by Crippen LogP contribution is -2.26. The monoisotopic (exact) mass is 429 g/mol. The van der Waals surface area contributed by atoms with Crippen LogP contribution in [0.5, 0.6) is 0 Å². The molecule has 1 saturated heterocycles. The highest BCUT2D eigenvalue weighted by molar-refractivity contribution is 5.94. The number of nitrogens with zero attached hydrogens (tertiary/aromatic N) is 3. The van der Waals surface area contributed by atoms with Crippen molar-refractivity contribution in [2.75, 3.05) is 18.4 Å². The average Bonchev–Trinajstić information content (AvgIpc) is 3.10. The summed E-state index contributed by atoms with van der Waals surface area (Å²) in [5.41, 5.74) is 2.70. The third-order valence-electron chi connectivity index (χ3n) is 4.14. The molecule has 7 nitrogen and oxygen atoms in total. The zero-order valence-electron chi connectivity index (χ0n) is 14.9. The number of nitrogens with one attached hydrogen (secondary N) is 2. The Bertz CT molecular complexity index is 777. The lowest BCUT2D eigenvalue weighted by molar-refractivity contribution is -0.126. The number of rotatable bonds is 6. The minimum atomic E-state index is -1.22. The molecule has 0 spiro atoms. The number of aromatic nitrogens is 2. The Balaban J connectivity index is 0.00000196. The molecule has 2 heterocycles. The zero-order valence-corrected chi connectivity index (χ0v) is 16.5. The second-order valence-electron chi connectivity index (χ2n) is 6.11. The molecule has 3 rings (SSSR count). The second kappa shape index (κ2) is 11.6. The SMILES string of the molecule is Cl.Cl.O=C(NO)/C(F)=C\c1cnc(N[C@@H]2CCN(Cc3ccccc3)C2)cn1. The number of carbonyl (C=O) groups excluding carboxylic acids is 1. The van der Waals surface area contributed by atoms with Crippen molar-refractivity contribution in [1.82, 2.24) is 20.3 Å². The maximum Gasteiger partial charge on any atom is 0.303 e. The van der Waals surface area contributed by atoms with Crippen LogP contribution in [0, 0.1) is 0 Å². The molecule has 3 N–H and O–H groups in total. The molecule has 0 bridgehead atoms. The van der Waals surface area contributed by atoms with E-state index in [2.05, 4.69) is 32.3 Å². The third kappa shape index (κ3) is 6.72. The average molecular weight is 430 g/mol. The molecule has 1 aromatic carbocycles. The van der Waals surface area contributed by atoms with Gasteiger partial charge in [-0.25, -0.2) is 14.9 Å². The molecule has 2 aromatic rings. The summed E-state index contributed by atoms with van der Waals surface area (Å²) in [5.74, 6) is -1.77. The predicted molar refractivity (Wildman–Crippen MR) is 109 cm³/mol. The largest absolute Gasteiger partial charge is 0.365 e. The molecule has 1 aliphatic rings. The van der Waals surface area contributed by atoms with Gasteiger partial charge in [-0.2, -0.15) is 0 Å². The molecule has 1 amide bonds. The van der Waals surface area contributed by atoms with Crippen LogP contribution in [0.2, 0.25) is 0 Å². The molecule has 1 aromatic heterocycles. The highest BCUT2D eigenvalue weighted by Gasteiger charge is 2.22. The lowest BCUT2D eigenvalue weighted by atomic mass is 10.2. The summed E-state index contributed by atoms with van der Waals surface area (Å²) in [6.07, 6.45) is 4.76. The van der Waals surface area contributed by atoms with Crippen molar-refractivity contribution in [2.24, 2.45) is 0 Å². The lowest BCUT2D eigenvalue weighted by Gasteiger charge is -2.17. The van der Waals surface area contributed by atoms with Crippen LogP contribution in [-0.2, 0) is 11.3 Å². The number of halogens is 3. The fourth-order valence-electron chi connectivity index (χ4n) is 2.88. The number of benzene rings is 1. The van der Waals surface area contributed by atoms with E-state index < -0.39 is 11.7 Å². The van der Waals surface area contributed by atoms with Crippen LogP contribution < -0.4 is 10.8 Å². The van der Waals surface area contributed by atoms with Crippen LogP contribution in [-0.4, -0.2) is 45.1 Å². The van der Waals surface area contributed by atoms with Crippen molar-refractivity contribution >= 4 is 42.6 Å². The standard InChI is InChI=1S/C18H20FN5O2.2ClH/c19-16(18(25)23-26)8-15-9-21-17(10-20-15)22-14-6-7-24(12-14)11-13-4-2-1-3-5-13;;/h1-5,8-10,14,26H,6-7,11-12H2,(H,21,22)(H,23,25);2*1H/b16-8+;;/t14-;;/m1../s1. The van der Waals surface area contributed by atoms with E-state index in [-0.39, 0.29) is 36.5 Å². The third-order valence-corrected chi connectivity index (χ3v) is 4.14. The maximum atomic E-state index is 13.3. The molecule has 0 saturated carbocycles. The van der Waals surface area contributed by atoms with Crippen molar-refractivity contribution in [2.45, 2.75) is 19.0 Å². The van der Waals surface area contributed by atoms with Gasteiger partial charge in [0.1, 0.15) is 5.82 Å². The van der Waals surface area contributed by atoms with Gasteiger partial charge in [0, 0.05) is 31.8 Å². The van der Waals surface area contributed by atoms with Gasteiger partial charge in [-0.15, -0.1) is 24.8 Å². The second-order valence-corrected chi connectivity index (χ2v) is 6.11. The molecule has 10 heteroatoms. The Morgan fingerprint density at radius 1 is 1.25 bits per heavy atom. The summed E-state index contributed by atoms with van der Waals surface area (Å²) >= 11 is 0. The summed E-state index contributed by atoms with van der Waals surface area (Å²) in [6.45, 7) is 2.83. The van der Waals surface area contributed by atoms with Crippen LogP contribution in [0.25, 0.3) is 6.08 Å². The summed E-state index contributed by atoms with van der Waals surface area (Å²) < 4.78 is 13.3. The number of hydrogen-bond acceptors (Lipinski definition) is 6. The first-order valence-corrected chi connectivity index (χ1v) is 8.30. The van der Waals surface area contributed by atoms with Crippen molar-refractivity contribution in [3.05, 3.63) is 59.8 Å². The summed E-state index contributed by atoms with van der Waals surface area (Å²) in [6, 6.07) is 10.6. The topological polar surface area (TPSA) is 90.4 Å². The van der Waals surface area contributed by atoms with Crippen molar-refractivity contribution in [1.29, 1.82) is 0 Å². The quantitative estimate of drug-likeness (QED) is 0.371. The predicted octanol–water partition coefficient (Wildman–Crippen LogP) is 2.82. The van der Waals surface area contributed by atoms with Gasteiger partial charge in [-0.05, 0) is 12.0 Å². The van der Waals surface area contributed by atoms with E-state index in [0.29, 0.717) is 5.82 Å².